The number of hydrogen-bond acceptors (Lipinski definition) is 3. The van der Waals surface area contributed by atoms with Crippen molar-refractivity contribution >= 4 is 11.8 Å². The van der Waals surface area contributed by atoms with E-state index in [1.54, 1.807) is 12.1 Å². The zero-order valence-electron chi connectivity index (χ0n) is 16.0. The molecular formula is C22H26N2O3. The van der Waals surface area contributed by atoms with Crippen molar-refractivity contribution in [1.82, 2.24) is 9.80 Å². The van der Waals surface area contributed by atoms with Crippen molar-refractivity contribution < 1.29 is 14.3 Å². The van der Waals surface area contributed by atoms with Gasteiger partial charge in [-0.1, -0.05) is 24.3 Å². The molecule has 0 atom stereocenters. The molecule has 0 aliphatic carbocycles. The van der Waals surface area contributed by atoms with Crippen LogP contribution in [0.25, 0.3) is 0 Å². The molecule has 1 heterocycles. The zero-order chi connectivity index (χ0) is 19.2. The summed E-state index contributed by atoms with van der Waals surface area (Å²) in [4.78, 5) is 28.9. The van der Waals surface area contributed by atoms with Crippen LogP contribution in [0.1, 0.15) is 28.4 Å². The van der Waals surface area contributed by atoms with Crippen LogP contribution in [0, 0.1) is 6.92 Å². The van der Waals surface area contributed by atoms with Gasteiger partial charge in [-0.3, -0.25) is 9.59 Å². The first kappa shape index (κ1) is 19.0. The van der Waals surface area contributed by atoms with Gasteiger partial charge in [-0.15, -0.1) is 0 Å². The number of hydrogen-bond donors (Lipinski definition) is 0. The van der Waals surface area contributed by atoms with E-state index in [1.807, 2.05) is 60.0 Å². The van der Waals surface area contributed by atoms with Crippen LogP contribution in [0.5, 0.6) is 5.75 Å². The Morgan fingerprint density at radius 1 is 0.926 bits per heavy atom. The summed E-state index contributed by atoms with van der Waals surface area (Å²) in [5.74, 6) is 0.891. The summed E-state index contributed by atoms with van der Waals surface area (Å²) in [6.07, 6.45) is 0.416. The number of aryl methyl sites for hydroxylation is 1. The molecule has 5 nitrogen and oxygen atoms in total. The molecule has 2 amide bonds. The van der Waals surface area contributed by atoms with Gasteiger partial charge in [-0.2, -0.15) is 0 Å². The summed E-state index contributed by atoms with van der Waals surface area (Å²) >= 11 is 0. The lowest BCUT2D eigenvalue weighted by Gasteiger charge is -2.35. The maximum absolute atomic E-state index is 12.7. The summed E-state index contributed by atoms with van der Waals surface area (Å²) in [7, 11) is 0. The molecule has 0 spiro atoms. The predicted molar refractivity (Wildman–Crippen MR) is 105 cm³/mol. The average molecular weight is 366 g/mol. The fourth-order valence-corrected chi connectivity index (χ4v) is 3.29. The number of carbonyl (C=O) groups excluding carboxylic acids is 2. The quantitative estimate of drug-likeness (QED) is 0.818. The predicted octanol–water partition coefficient (Wildman–Crippen LogP) is 2.92. The second kappa shape index (κ2) is 8.71. The first-order valence-corrected chi connectivity index (χ1v) is 9.43. The normalized spacial score (nSPS) is 14.1. The molecule has 2 aromatic rings. The molecule has 5 heteroatoms. The summed E-state index contributed by atoms with van der Waals surface area (Å²) < 4.78 is 5.41. The maximum atomic E-state index is 12.7. The van der Waals surface area contributed by atoms with Crippen LogP contribution in [-0.4, -0.2) is 54.4 Å². The van der Waals surface area contributed by atoms with Crippen LogP contribution in [0.2, 0.25) is 0 Å². The average Bonchev–Trinajstić information content (AvgIpc) is 2.70. The van der Waals surface area contributed by atoms with Gasteiger partial charge in [0.05, 0.1) is 13.0 Å². The Balaban J connectivity index is 1.54. The van der Waals surface area contributed by atoms with E-state index in [9.17, 15) is 9.59 Å². The third-order valence-corrected chi connectivity index (χ3v) is 4.93. The van der Waals surface area contributed by atoms with Crippen molar-refractivity contribution in [2.24, 2.45) is 0 Å². The standard InChI is InChI=1S/C22H26N2O3/c1-3-27-20-10-8-18(9-11-20)22(26)24-14-12-23(13-15-24)21(25)16-19-7-5-4-6-17(19)2/h4-11H,3,12-16H2,1-2H3. The number of nitrogens with zero attached hydrogens (tertiary/aromatic N) is 2. The zero-order valence-corrected chi connectivity index (χ0v) is 16.0. The third kappa shape index (κ3) is 4.67. The second-order valence-corrected chi connectivity index (χ2v) is 6.73. The molecule has 0 aromatic heterocycles. The van der Waals surface area contributed by atoms with Gasteiger partial charge in [0.15, 0.2) is 0 Å². The molecule has 1 fully saturated rings. The van der Waals surface area contributed by atoms with Crippen LogP contribution in [0.3, 0.4) is 0 Å². The van der Waals surface area contributed by atoms with E-state index in [2.05, 4.69) is 0 Å². The number of ether oxygens (including phenoxy) is 1. The highest BCUT2D eigenvalue weighted by Crippen LogP contribution is 2.16. The van der Waals surface area contributed by atoms with Crippen molar-refractivity contribution in [3.8, 4) is 5.75 Å². The number of amides is 2. The second-order valence-electron chi connectivity index (χ2n) is 6.73. The fraction of sp³-hybridized carbons (Fsp3) is 0.364. The summed E-state index contributed by atoms with van der Waals surface area (Å²) in [5.41, 5.74) is 2.85. The van der Waals surface area contributed by atoms with Crippen LogP contribution < -0.4 is 4.74 Å². The maximum Gasteiger partial charge on any atom is 0.253 e. The molecule has 0 saturated carbocycles. The van der Waals surface area contributed by atoms with E-state index in [4.69, 9.17) is 4.74 Å². The smallest absolute Gasteiger partial charge is 0.253 e. The van der Waals surface area contributed by atoms with Crippen molar-refractivity contribution in [2.75, 3.05) is 32.8 Å². The van der Waals surface area contributed by atoms with Gasteiger partial charge in [0.2, 0.25) is 5.91 Å². The van der Waals surface area contributed by atoms with Gasteiger partial charge in [-0.25, -0.2) is 0 Å². The molecule has 2 aromatic carbocycles. The molecule has 27 heavy (non-hydrogen) atoms. The van der Waals surface area contributed by atoms with Crippen molar-refractivity contribution in [2.45, 2.75) is 20.3 Å². The highest BCUT2D eigenvalue weighted by molar-refractivity contribution is 5.94. The Labute approximate surface area is 160 Å². The van der Waals surface area contributed by atoms with Crippen LogP contribution in [0.4, 0.5) is 0 Å². The molecule has 1 aliphatic rings. The van der Waals surface area contributed by atoms with Crippen molar-refractivity contribution in [3.05, 3.63) is 65.2 Å². The Morgan fingerprint density at radius 3 is 2.19 bits per heavy atom. The first-order chi connectivity index (χ1) is 13.1. The van der Waals surface area contributed by atoms with Gasteiger partial charge in [0, 0.05) is 31.7 Å². The Hall–Kier alpha value is -2.82. The third-order valence-electron chi connectivity index (χ3n) is 4.93. The highest BCUT2D eigenvalue weighted by Gasteiger charge is 2.25. The molecule has 1 saturated heterocycles. The molecule has 0 radical (unpaired) electrons. The van der Waals surface area contributed by atoms with E-state index in [0.717, 1.165) is 16.9 Å². The fourth-order valence-electron chi connectivity index (χ4n) is 3.29. The minimum absolute atomic E-state index is 0.00375. The summed E-state index contributed by atoms with van der Waals surface area (Å²) in [6.45, 7) is 6.83. The van der Waals surface area contributed by atoms with E-state index in [-0.39, 0.29) is 11.8 Å². The van der Waals surface area contributed by atoms with Gasteiger partial charge in [0.25, 0.3) is 5.91 Å². The van der Waals surface area contributed by atoms with Gasteiger partial charge in [-0.05, 0) is 49.2 Å². The number of piperazine rings is 1. The first-order valence-electron chi connectivity index (χ1n) is 9.43. The summed E-state index contributed by atoms with van der Waals surface area (Å²) in [5, 5.41) is 0. The van der Waals surface area contributed by atoms with Crippen molar-refractivity contribution in [1.29, 1.82) is 0 Å². The molecule has 3 rings (SSSR count). The topological polar surface area (TPSA) is 49.9 Å². The van der Waals surface area contributed by atoms with Crippen LogP contribution >= 0.6 is 0 Å². The van der Waals surface area contributed by atoms with Crippen molar-refractivity contribution in [3.63, 3.8) is 0 Å². The van der Waals surface area contributed by atoms with Gasteiger partial charge < -0.3 is 14.5 Å². The van der Waals surface area contributed by atoms with E-state index in [0.29, 0.717) is 44.8 Å². The summed E-state index contributed by atoms with van der Waals surface area (Å²) in [6, 6.07) is 15.2. The van der Waals surface area contributed by atoms with E-state index < -0.39 is 0 Å². The van der Waals surface area contributed by atoms with Gasteiger partial charge in [0.1, 0.15) is 5.75 Å². The minimum atomic E-state index is 0.00375. The Morgan fingerprint density at radius 2 is 1.56 bits per heavy atom. The number of carbonyl (C=O) groups is 2. The minimum Gasteiger partial charge on any atom is -0.494 e. The highest BCUT2D eigenvalue weighted by atomic mass is 16.5. The molecule has 142 valence electrons. The number of rotatable bonds is 5. The lowest BCUT2D eigenvalue weighted by atomic mass is 10.1. The molecule has 1 aliphatic heterocycles. The SMILES string of the molecule is CCOc1ccc(C(=O)N2CCN(C(=O)Cc3ccccc3C)CC2)cc1. The lowest BCUT2D eigenvalue weighted by Crippen LogP contribution is -2.51. The largest absolute Gasteiger partial charge is 0.494 e. The monoisotopic (exact) mass is 366 g/mol. The van der Waals surface area contributed by atoms with Gasteiger partial charge >= 0.3 is 0 Å². The molecular weight excluding hydrogens is 340 g/mol. The lowest BCUT2D eigenvalue weighted by molar-refractivity contribution is -0.131. The number of benzene rings is 2. The van der Waals surface area contributed by atoms with Crippen LogP contribution in [0.15, 0.2) is 48.5 Å². The Bertz CT molecular complexity index is 793. The molecule has 0 bridgehead atoms. The molecule has 0 N–H and O–H groups in total. The van der Waals surface area contributed by atoms with Crippen LogP contribution in [-0.2, 0) is 11.2 Å². The van der Waals surface area contributed by atoms with E-state index >= 15 is 0 Å². The molecule has 0 unspecified atom stereocenters. The van der Waals surface area contributed by atoms with E-state index in [1.165, 1.54) is 0 Å². The Kier molecular flexibility index (Phi) is 6.12.